The van der Waals surface area contributed by atoms with Crippen LogP contribution in [0.5, 0.6) is 0 Å². The fourth-order valence-electron chi connectivity index (χ4n) is 1.73. The molecule has 3 nitrogen and oxygen atoms in total. The Morgan fingerprint density at radius 3 is 2.60 bits per heavy atom. The smallest absolute Gasteiger partial charge is 0.0847 e. The first-order valence-corrected chi connectivity index (χ1v) is 5.93. The van der Waals surface area contributed by atoms with Gasteiger partial charge in [0, 0.05) is 6.54 Å². The molecule has 0 aliphatic rings. The maximum absolute atomic E-state index is 6.23. The monoisotopic (exact) mass is 229 g/mol. The van der Waals surface area contributed by atoms with Crippen LogP contribution in [-0.2, 0) is 13.0 Å². The van der Waals surface area contributed by atoms with Gasteiger partial charge in [-0.3, -0.25) is 4.68 Å². The van der Waals surface area contributed by atoms with Crippen molar-refractivity contribution >= 4 is 11.6 Å². The molecule has 0 aromatic carbocycles. The van der Waals surface area contributed by atoms with E-state index in [1.54, 1.807) is 0 Å². The lowest BCUT2D eigenvalue weighted by atomic mass is 10.0. The van der Waals surface area contributed by atoms with Gasteiger partial charge < -0.3 is 5.73 Å². The minimum Gasteiger partial charge on any atom is -0.330 e. The Labute approximate surface area is 96.6 Å². The summed E-state index contributed by atoms with van der Waals surface area (Å²) in [6, 6.07) is 0. The van der Waals surface area contributed by atoms with Gasteiger partial charge in [0.15, 0.2) is 0 Å². The lowest BCUT2D eigenvalue weighted by molar-refractivity contribution is 0.488. The molecule has 0 aliphatic carbocycles. The summed E-state index contributed by atoms with van der Waals surface area (Å²) in [4.78, 5) is 0. The van der Waals surface area contributed by atoms with Gasteiger partial charge in [0.05, 0.1) is 16.4 Å². The van der Waals surface area contributed by atoms with Gasteiger partial charge in [-0.15, -0.1) is 0 Å². The zero-order chi connectivity index (χ0) is 11.4. The summed E-state index contributed by atoms with van der Waals surface area (Å²) in [6.07, 6.45) is 2.02. The lowest BCUT2D eigenvalue weighted by Crippen LogP contribution is -2.18. The Morgan fingerprint density at radius 2 is 2.13 bits per heavy atom. The van der Waals surface area contributed by atoms with Crippen LogP contribution in [0.15, 0.2) is 0 Å². The first kappa shape index (κ1) is 12.5. The number of halogens is 1. The molecule has 1 atom stereocenters. The number of aryl methyl sites for hydroxylation is 2. The molecule has 4 heteroatoms. The van der Waals surface area contributed by atoms with Crippen molar-refractivity contribution in [1.29, 1.82) is 0 Å². The quantitative estimate of drug-likeness (QED) is 0.843. The van der Waals surface area contributed by atoms with Crippen LogP contribution >= 0.6 is 11.6 Å². The van der Waals surface area contributed by atoms with Gasteiger partial charge >= 0.3 is 0 Å². The second-order valence-corrected chi connectivity index (χ2v) is 4.25. The molecule has 0 spiro atoms. The summed E-state index contributed by atoms with van der Waals surface area (Å²) in [5.74, 6) is 0.504. The maximum atomic E-state index is 6.23. The summed E-state index contributed by atoms with van der Waals surface area (Å²) >= 11 is 6.23. The van der Waals surface area contributed by atoms with Gasteiger partial charge in [-0.05, 0) is 32.7 Å². The first-order chi connectivity index (χ1) is 7.13. The normalized spacial score (nSPS) is 13.1. The predicted octanol–water partition coefficient (Wildman–Crippen LogP) is 2.39. The Kier molecular flexibility index (Phi) is 4.61. The molecular formula is C11H20ClN3. The van der Waals surface area contributed by atoms with E-state index in [9.17, 15) is 0 Å². The summed E-state index contributed by atoms with van der Waals surface area (Å²) in [6.45, 7) is 7.76. The third kappa shape index (κ3) is 2.73. The number of hydrogen-bond donors (Lipinski definition) is 1. The number of nitrogens with two attached hydrogens (primary N) is 1. The van der Waals surface area contributed by atoms with Crippen LogP contribution in [0.2, 0.25) is 5.02 Å². The van der Waals surface area contributed by atoms with Gasteiger partial charge in [0.1, 0.15) is 0 Å². The summed E-state index contributed by atoms with van der Waals surface area (Å²) in [7, 11) is 0. The highest BCUT2D eigenvalue weighted by atomic mass is 35.5. The number of nitrogens with zero attached hydrogens (tertiary/aromatic N) is 2. The fraction of sp³-hybridized carbons (Fsp3) is 0.727. The third-order valence-corrected chi connectivity index (χ3v) is 3.34. The molecule has 1 heterocycles. The molecule has 0 aliphatic heterocycles. The van der Waals surface area contributed by atoms with Crippen LogP contribution in [0, 0.1) is 12.8 Å². The molecule has 0 amide bonds. The van der Waals surface area contributed by atoms with Crippen molar-refractivity contribution in [2.45, 2.75) is 40.2 Å². The molecule has 15 heavy (non-hydrogen) atoms. The van der Waals surface area contributed by atoms with E-state index in [4.69, 9.17) is 17.3 Å². The second-order valence-electron chi connectivity index (χ2n) is 3.88. The van der Waals surface area contributed by atoms with E-state index >= 15 is 0 Å². The van der Waals surface area contributed by atoms with E-state index in [1.807, 2.05) is 11.6 Å². The van der Waals surface area contributed by atoms with Crippen molar-refractivity contribution < 1.29 is 0 Å². The van der Waals surface area contributed by atoms with Crippen LogP contribution in [0.1, 0.15) is 31.7 Å². The highest BCUT2D eigenvalue weighted by Gasteiger charge is 2.15. The van der Waals surface area contributed by atoms with Crippen molar-refractivity contribution in [1.82, 2.24) is 9.78 Å². The molecule has 1 aromatic heterocycles. The summed E-state index contributed by atoms with van der Waals surface area (Å²) in [5.41, 5.74) is 7.76. The first-order valence-electron chi connectivity index (χ1n) is 5.55. The number of hydrogen-bond acceptors (Lipinski definition) is 2. The fourth-order valence-corrected chi connectivity index (χ4v) is 1.94. The van der Waals surface area contributed by atoms with Crippen LogP contribution in [0.4, 0.5) is 0 Å². The largest absolute Gasteiger partial charge is 0.330 e. The van der Waals surface area contributed by atoms with Crippen LogP contribution < -0.4 is 5.73 Å². The molecule has 1 rings (SSSR count). The molecule has 0 radical (unpaired) electrons. The summed E-state index contributed by atoms with van der Waals surface area (Å²) in [5, 5.41) is 5.20. The molecule has 86 valence electrons. The van der Waals surface area contributed by atoms with E-state index < -0.39 is 0 Å². The zero-order valence-corrected chi connectivity index (χ0v) is 10.5. The second kappa shape index (κ2) is 5.52. The summed E-state index contributed by atoms with van der Waals surface area (Å²) < 4.78 is 1.98. The molecule has 0 bridgehead atoms. The van der Waals surface area contributed by atoms with E-state index in [1.165, 1.54) is 0 Å². The SMILES string of the molecule is CCC(CN)Cc1c(Cl)c(C)nn1CC. The van der Waals surface area contributed by atoms with Crippen LogP contribution in [-0.4, -0.2) is 16.3 Å². The molecule has 2 N–H and O–H groups in total. The highest BCUT2D eigenvalue weighted by Crippen LogP contribution is 2.23. The average Bonchev–Trinajstić information content (AvgIpc) is 2.52. The van der Waals surface area contributed by atoms with E-state index in [-0.39, 0.29) is 0 Å². The maximum Gasteiger partial charge on any atom is 0.0847 e. The van der Waals surface area contributed by atoms with Crippen molar-refractivity contribution in [2.24, 2.45) is 11.7 Å². The van der Waals surface area contributed by atoms with Crippen molar-refractivity contribution in [2.75, 3.05) is 6.54 Å². The molecule has 0 saturated heterocycles. The average molecular weight is 230 g/mol. The Hall–Kier alpha value is -0.540. The van der Waals surface area contributed by atoms with Crippen molar-refractivity contribution in [3.63, 3.8) is 0 Å². The Morgan fingerprint density at radius 1 is 1.47 bits per heavy atom. The van der Waals surface area contributed by atoms with E-state index in [2.05, 4.69) is 18.9 Å². The standard InChI is InChI=1S/C11H20ClN3/c1-4-9(7-13)6-10-11(12)8(3)14-15(10)5-2/h9H,4-7,13H2,1-3H3. The van der Waals surface area contributed by atoms with Crippen LogP contribution in [0.25, 0.3) is 0 Å². The Bertz CT molecular complexity index is 316. The predicted molar refractivity (Wildman–Crippen MR) is 64.2 cm³/mol. The molecule has 1 unspecified atom stereocenters. The topological polar surface area (TPSA) is 43.8 Å². The molecule has 0 fully saturated rings. The number of aromatic nitrogens is 2. The zero-order valence-electron chi connectivity index (χ0n) is 9.76. The minimum absolute atomic E-state index is 0.504. The van der Waals surface area contributed by atoms with E-state index in [0.717, 1.165) is 35.8 Å². The van der Waals surface area contributed by atoms with Crippen LogP contribution in [0.3, 0.4) is 0 Å². The highest BCUT2D eigenvalue weighted by molar-refractivity contribution is 6.31. The molecular weight excluding hydrogens is 210 g/mol. The van der Waals surface area contributed by atoms with Gasteiger partial charge in [-0.1, -0.05) is 24.9 Å². The molecule has 0 saturated carbocycles. The molecule has 1 aromatic rings. The van der Waals surface area contributed by atoms with Gasteiger partial charge in [0.2, 0.25) is 0 Å². The van der Waals surface area contributed by atoms with Crippen molar-refractivity contribution in [3.05, 3.63) is 16.4 Å². The third-order valence-electron chi connectivity index (χ3n) is 2.85. The number of rotatable bonds is 5. The van der Waals surface area contributed by atoms with E-state index in [0.29, 0.717) is 12.5 Å². The Balaban J connectivity index is 2.91. The van der Waals surface area contributed by atoms with Gasteiger partial charge in [-0.2, -0.15) is 5.10 Å². The van der Waals surface area contributed by atoms with Gasteiger partial charge in [0.25, 0.3) is 0 Å². The lowest BCUT2D eigenvalue weighted by Gasteiger charge is -2.13. The van der Waals surface area contributed by atoms with Gasteiger partial charge in [-0.25, -0.2) is 0 Å². The van der Waals surface area contributed by atoms with Crippen molar-refractivity contribution in [3.8, 4) is 0 Å². The minimum atomic E-state index is 0.504.